The van der Waals surface area contributed by atoms with E-state index >= 15 is 0 Å². The third kappa shape index (κ3) is 2.21. The number of likely N-dealkylation sites (N-methyl/N-ethyl adjacent to an activating group) is 1. The zero-order valence-corrected chi connectivity index (χ0v) is 7.97. The fourth-order valence-electron chi connectivity index (χ4n) is 1.84. The fraction of sp³-hybridized carbons (Fsp3) is 0.889. The molecule has 0 saturated carbocycles. The van der Waals surface area contributed by atoms with E-state index in [9.17, 15) is 4.79 Å². The number of nitrogens with one attached hydrogen (secondary N) is 1. The Morgan fingerprint density at radius 3 is 2.83 bits per heavy atom. The monoisotopic (exact) mass is 170 g/mol. The number of rotatable bonds is 2. The summed E-state index contributed by atoms with van der Waals surface area (Å²) in [4.78, 5) is 13.1. The normalized spacial score (nSPS) is 23.7. The predicted octanol–water partition coefficient (Wildman–Crippen LogP) is 0.607. The Labute approximate surface area is 74.1 Å². The molecule has 0 bridgehead atoms. The van der Waals surface area contributed by atoms with Crippen LogP contribution in [0.25, 0.3) is 0 Å². The van der Waals surface area contributed by atoms with E-state index in [0.717, 1.165) is 26.1 Å². The van der Waals surface area contributed by atoms with E-state index in [0.29, 0.717) is 6.04 Å². The van der Waals surface area contributed by atoms with Crippen molar-refractivity contribution in [1.29, 1.82) is 0 Å². The van der Waals surface area contributed by atoms with Crippen LogP contribution in [0, 0.1) is 0 Å². The lowest BCUT2D eigenvalue weighted by Gasteiger charge is -2.33. The third-order valence-electron chi connectivity index (χ3n) is 2.46. The molecule has 1 atom stereocenters. The summed E-state index contributed by atoms with van der Waals surface area (Å²) in [5.41, 5.74) is 0. The van der Waals surface area contributed by atoms with Crippen LogP contribution in [0.5, 0.6) is 0 Å². The maximum absolute atomic E-state index is 11.2. The van der Waals surface area contributed by atoms with Gasteiger partial charge in [-0.2, -0.15) is 0 Å². The average molecular weight is 170 g/mol. The highest BCUT2D eigenvalue weighted by atomic mass is 16.2. The van der Waals surface area contributed by atoms with Crippen LogP contribution in [0.1, 0.15) is 26.7 Å². The highest BCUT2D eigenvalue weighted by molar-refractivity contribution is 5.73. The van der Waals surface area contributed by atoms with Crippen molar-refractivity contribution in [3.05, 3.63) is 0 Å². The summed E-state index contributed by atoms with van der Waals surface area (Å²) in [6.45, 7) is 6.59. The summed E-state index contributed by atoms with van der Waals surface area (Å²) in [6, 6.07) is 0.432. The van der Waals surface area contributed by atoms with E-state index in [1.54, 1.807) is 6.92 Å². The SMILES string of the molecule is CCN(C(C)=O)C1CCCNC1. The topological polar surface area (TPSA) is 32.3 Å². The van der Waals surface area contributed by atoms with Gasteiger partial charge in [0.05, 0.1) is 0 Å². The highest BCUT2D eigenvalue weighted by Gasteiger charge is 2.20. The Bertz CT molecular complexity index is 153. The Hall–Kier alpha value is -0.570. The van der Waals surface area contributed by atoms with Crippen LogP contribution in [0.3, 0.4) is 0 Å². The lowest BCUT2D eigenvalue weighted by molar-refractivity contribution is -0.131. The summed E-state index contributed by atoms with van der Waals surface area (Å²) in [7, 11) is 0. The van der Waals surface area contributed by atoms with Crippen molar-refractivity contribution in [3.63, 3.8) is 0 Å². The number of nitrogens with zero attached hydrogens (tertiary/aromatic N) is 1. The number of amides is 1. The third-order valence-corrected chi connectivity index (χ3v) is 2.46. The molecule has 0 aromatic carbocycles. The van der Waals surface area contributed by atoms with E-state index in [-0.39, 0.29) is 5.91 Å². The Balaban J connectivity index is 2.46. The van der Waals surface area contributed by atoms with Gasteiger partial charge in [0.1, 0.15) is 0 Å². The van der Waals surface area contributed by atoms with Crippen LogP contribution in [-0.4, -0.2) is 36.5 Å². The Morgan fingerprint density at radius 2 is 2.42 bits per heavy atom. The van der Waals surface area contributed by atoms with Gasteiger partial charge in [-0.25, -0.2) is 0 Å². The van der Waals surface area contributed by atoms with Gasteiger partial charge in [-0.05, 0) is 26.3 Å². The van der Waals surface area contributed by atoms with Gasteiger partial charge in [0.25, 0.3) is 0 Å². The highest BCUT2D eigenvalue weighted by Crippen LogP contribution is 2.09. The standard InChI is InChI=1S/C9H18N2O/c1-3-11(8(2)12)9-5-4-6-10-7-9/h9-10H,3-7H2,1-2H3. The summed E-state index contributed by atoms with van der Waals surface area (Å²) >= 11 is 0. The molecule has 70 valence electrons. The van der Waals surface area contributed by atoms with E-state index < -0.39 is 0 Å². The molecular weight excluding hydrogens is 152 g/mol. The van der Waals surface area contributed by atoms with Crippen molar-refractivity contribution >= 4 is 5.91 Å². The molecule has 1 rings (SSSR count). The van der Waals surface area contributed by atoms with Crippen LogP contribution in [0.15, 0.2) is 0 Å². The van der Waals surface area contributed by atoms with Crippen molar-refractivity contribution in [2.24, 2.45) is 0 Å². The minimum atomic E-state index is 0.200. The first kappa shape index (κ1) is 9.52. The van der Waals surface area contributed by atoms with Crippen LogP contribution < -0.4 is 5.32 Å². The number of carbonyl (C=O) groups is 1. The molecule has 1 fully saturated rings. The molecule has 0 spiro atoms. The van der Waals surface area contributed by atoms with Crippen LogP contribution >= 0.6 is 0 Å². The van der Waals surface area contributed by atoms with Crippen LogP contribution in [-0.2, 0) is 4.79 Å². The summed E-state index contributed by atoms with van der Waals surface area (Å²) in [5, 5.41) is 3.31. The molecule has 1 N–H and O–H groups in total. The average Bonchev–Trinajstić information content (AvgIpc) is 2.07. The predicted molar refractivity (Wildman–Crippen MR) is 49.0 cm³/mol. The zero-order chi connectivity index (χ0) is 8.97. The molecule has 0 radical (unpaired) electrons. The second-order valence-corrected chi connectivity index (χ2v) is 3.31. The summed E-state index contributed by atoms with van der Waals surface area (Å²) in [5.74, 6) is 0.200. The van der Waals surface area contributed by atoms with Crippen LogP contribution in [0.4, 0.5) is 0 Å². The minimum Gasteiger partial charge on any atom is -0.339 e. The molecule has 1 aliphatic rings. The van der Waals surface area contributed by atoms with Gasteiger partial charge in [-0.3, -0.25) is 4.79 Å². The lowest BCUT2D eigenvalue weighted by Crippen LogP contribution is -2.47. The van der Waals surface area contributed by atoms with E-state index in [1.807, 2.05) is 11.8 Å². The Morgan fingerprint density at radius 1 is 1.67 bits per heavy atom. The van der Waals surface area contributed by atoms with Gasteiger partial charge in [0.15, 0.2) is 0 Å². The van der Waals surface area contributed by atoms with Gasteiger partial charge in [0.2, 0.25) is 5.91 Å². The van der Waals surface area contributed by atoms with E-state index in [4.69, 9.17) is 0 Å². The van der Waals surface area contributed by atoms with Gasteiger partial charge < -0.3 is 10.2 Å². The molecular formula is C9H18N2O. The second kappa shape index (κ2) is 4.45. The zero-order valence-electron chi connectivity index (χ0n) is 7.97. The second-order valence-electron chi connectivity index (χ2n) is 3.31. The molecule has 0 aliphatic carbocycles. The molecule has 3 nitrogen and oxygen atoms in total. The molecule has 1 amide bonds. The van der Waals surface area contributed by atoms with Gasteiger partial charge in [-0.1, -0.05) is 0 Å². The lowest BCUT2D eigenvalue weighted by atomic mass is 10.1. The number of carbonyl (C=O) groups excluding carboxylic acids is 1. The van der Waals surface area contributed by atoms with E-state index in [2.05, 4.69) is 5.32 Å². The molecule has 1 heterocycles. The fourth-order valence-corrected chi connectivity index (χ4v) is 1.84. The van der Waals surface area contributed by atoms with E-state index in [1.165, 1.54) is 6.42 Å². The smallest absolute Gasteiger partial charge is 0.219 e. The van der Waals surface area contributed by atoms with Crippen LogP contribution in [0.2, 0.25) is 0 Å². The summed E-state index contributed by atoms with van der Waals surface area (Å²) in [6.07, 6.45) is 2.34. The number of hydrogen-bond donors (Lipinski definition) is 1. The van der Waals surface area contributed by atoms with Gasteiger partial charge in [-0.15, -0.1) is 0 Å². The van der Waals surface area contributed by atoms with Crippen molar-refractivity contribution in [2.45, 2.75) is 32.7 Å². The maximum Gasteiger partial charge on any atom is 0.219 e. The molecule has 3 heteroatoms. The van der Waals surface area contributed by atoms with Crippen molar-refractivity contribution in [2.75, 3.05) is 19.6 Å². The van der Waals surface area contributed by atoms with Crippen molar-refractivity contribution in [3.8, 4) is 0 Å². The molecule has 1 saturated heterocycles. The van der Waals surface area contributed by atoms with Gasteiger partial charge >= 0.3 is 0 Å². The number of piperidine rings is 1. The van der Waals surface area contributed by atoms with Gasteiger partial charge in [0, 0.05) is 26.1 Å². The molecule has 12 heavy (non-hydrogen) atoms. The molecule has 0 aromatic heterocycles. The quantitative estimate of drug-likeness (QED) is 0.658. The Kier molecular flexibility index (Phi) is 3.53. The number of hydrogen-bond acceptors (Lipinski definition) is 2. The first-order valence-corrected chi connectivity index (χ1v) is 4.73. The minimum absolute atomic E-state index is 0.200. The first-order chi connectivity index (χ1) is 5.75. The largest absolute Gasteiger partial charge is 0.339 e. The molecule has 0 aromatic rings. The van der Waals surface area contributed by atoms with Crippen molar-refractivity contribution < 1.29 is 4.79 Å². The van der Waals surface area contributed by atoms with Crippen molar-refractivity contribution in [1.82, 2.24) is 10.2 Å². The first-order valence-electron chi connectivity index (χ1n) is 4.73. The molecule has 1 aliphatic heterocycles. The summed E-state index contributed by atoms with van der Waals surface area (Å²) < 4.78 is 0. The molecule has 1 unspecified atom stereocenters. The maximum atomic E-state index is 11.2.